The summed E-state index contributed by atoms with van der Waals surface area (Å²) in [4.78, 5) is 2.54. The van der Waals surface area contributed by atoms with Crippen LogP contribution in [0.3, 0.4) is 0 Å². The predicted molar refractivity (Wildman–Crippen MR) is 67.0 cm³/mol. The maximum absolute atomic E-state index is 5.95. The van der Waals surface area contributed by atoms with Crippen molar-refractivity contribution in [1.82, 2.24) is 4.90 Å². The summed E-state index contributed by atoms with van der Waals surface area (Å²) in [6.45, 7) is 3.36. The molecule has 1 aliphatic carbocycles. The predicted octanol–water partition coefficient (Wildman–Crippen LogP) is 2.77. The molecule has 1 aliphatic rings. The minimum Gasteiger partial charge on any atom is -0.328 e. The molecule has 1 atom stereocenters. The first-order valence-electron chi connectivity index (χ1n) is 6.70. The van der Waals surface area contributed by atoms with E-state index in [0.29, 0.717) is 6.04 Å². The highest BCUT2D eigenvalue weighted by atomic mass is 15.1. The lowest BCUT2D eigenvalue weighted by Crippen LogP contribution is -2.35. The summed E-state index contributed by atoms with van der Waals surface area (Å²) in [7, 11) is 2.28. The van der Waals surface area contributed by atoms with E-state index in [2.05, 4.69) is 18.9 Å². The van der Waals surface area contributed by atoms with Crippen molar-refractivity contribution in [3.8, 4) is 0 Å². The molecule has 1 saturated carbocycles. The molecule has 15 heavy (non-hydrogen) atoms. The summed E-state index contributed by atoms with van der Waals surface area (Å²) >= 11 is 0. The third-order valence-electron chi connectivity index (χ3n) is 3.83. The van der Waals surface area contributed by atoms with Crippen molar-refractivity contribution < 1.29 is 0 Å². The van der Waals surface area contributed by atoms with E-state index >= 15 is 0 Å². The van der Waals surface area contributed by atoms with Crippen LogP contribution in [0.5, 0.6) is 0 Å². The fourth-order valence-electron chi connectivity index (χ4n) is 2.45. The van der Waals surface area contributed by atoms with Gasteiger partial charge in [0.1, 0.15) is 0 Å². The lowest BCUT2D eigenvalue weighted by Gasteiger charge is -2.27. The highest BCUT2D eigenvalue weighted by Crippen LogP contribution is 2.21. The van der Waals surface area contributed by atoms with E-state index in [-0.39, 0.29) is 0 Å². The molecule has 0 heterocycles. The maximum Gasteiger partial charge on any atom is 0.00922 e. The van der Waals surface area contributed by atoms with Crippen molar-refractivity contribution in [3.05, 3.63) is 0 Å². The average Bonchev–Trinajstić information content (AvgIpc) is 2.53. The van der Waals surface area contributed by atoms with Gasteiger partial charge in [0, 0.05) is 12.1 Å². The molecule has 0 bridgehead atoms. The molecule has 1 unspecified atom stereocenters. The largest absolute Gasteiger partial charge is 0.328 e. The number of nitrogens with two attached hydrogens (primary N) is 1. The van der Waals surface area contributed by atoms with Crippen LogP contribution < -0.4 is 5.73 Å². The zero-order valence-electron chi connectivity index (χ0n) is 10.5. The Balaban J connectivity index is 2.22. The van der Waals surface area contributed by atoms with Crippen LogP contribution in [-0.2, 0) is 0 Å². The number of rotatable bonds is 5. The second-order valence-corrected chi connectivity index (χ2v) is 5.08. The smallest absolute Gasteiger partial charge is 0.00922 e. The summed E-state index contributed by atoms with van der Waals surface area (Å²) < 4.78 is 0. The molecule has 1 fully saturated rings. The monoisotopic (exact) mass is 212 g/mol. The highest BCUT2D eigenvalue weighted by molar-refractivity contribution is 4.73. The summed E-state index contributed by atoms with van der Waals surface area (Å²) in [6, 6.07) is 1.23. The Morgan fingerprint density at radius 2 is 1.80 bits per heavy atom. The first-order chi connectivity index (χ1) is 7.24. The van der Waals surface area contributed by atoms with Crippen molar-refractivity contribution in [2.24, 2.45) is 5.73 Å². The van der Waals surface area contributed by atoms with Crippen LogP contribution in [0, 0.1) is 0 Å². The standard InChI is InChI=1S/C13H28N2/c1-3-12(14)10-11-15(2)13-8-6-4-5-7-9-13/h12-13H,3-11,14H2,1-2H3. The Morgan fingerprint density at radius 1 is 1.20 bits per heavy atom. The number of hydrogen-bond acceptors (Lipinski definition) is 2. The van der Waals surface area contributed by atoms with Gasteiger partial charge in [-0.3, -0.25) is 0 Å². The maximum atomic E-state index is 5.95. The summed E-state index contributed by atoms with van der Waals surface area (Å²) in [6.07, 6.45) is 10.8. The van der Waals surface area contributed by atoms with E-state index in [1.807, 2.05) is 0 Å². The van der Waals surface area contributed by atoms with Crippen molar-refractivity contribution in [2.75, 3.05) is 13.6 Å². The zero-order valence-corrected chi connectivity index (χ0v) is 10.5. The van der Waals surface area contributed by atoms with Gasteiger partial charge < -0.3 is 10.6 Å². The van der Waals surface area contributed by atoms with Crippen LogP contribution in [0.2, 0.25) is 0 Å². The van der Waals surface area contributed by atoms with E-state index in [1.54, 1.807) is 0 Å². The van der Waals surface area contributed by atoms with Crippen LogP contribution in [0.15, 0.2) is 0 Å². The molecule has 0 radical (unpaired) electrons. The lowest BCUT2D eigenvalue weighted by molar-refractivity contribution is 0.213. The number of nitrogens with zero attached hydrogens (tertiary/aromatic N) is 1. The van der Waals surface area contributed by atoms with Gasteiger partial charge in [-0.05, 0) is 39.3 Å². The van der Waals surface area contributed by atoms with E-state index < -0.39 is 0 Å². The molecular weight excluding hydrogens is 184 g/mol. The quantitative estimate of drug-likeness (QED) is 0.710. The summed E-state index contributed by atoms with van der Waals surface area (Å²) in [5, 5.41) is 0. The molecule has 2 heteroatoms. The number of hydrogen-bond donors (Lipinski definition) is 1. The highest BCUT2D eigenvalue weighted by Gasteiger charge is 2.16. The average molecular weight is 212 g/mol. The summed E-state index contributed by atoms with van der Waals surface area (Å²) in [5.41, 5.74) is 5.95. The van der Waals surface area contributed by atoms with Gasteiger partial charge in [0.2, 0.25) is 0 Å². The van der Waals surface area contributed by atoms with Gasteiger partial charge in [0.25, 0.3) is 0 Å². The van der Waals surface area contributed by atoms with Crippen molar-refractivity contribution in [1.29, 1.82) is 0 Å². The van der Waals surface area contributed by atoms with Gasteiger partial charge in [-0.15, -0.1) is 0 Å². The van der Waals surface area contributed by atoms with E-state index in [9.17, 15) is 0 Å². The molecular formula is C13H28N2. The van der Waals surface area contributed by atoms with Gasteiger partial charge in [-0.25, -0.2) is 0 Å². The van der Waals surface area contributed by atoms with E-state index in [0.717, 1.165) is 18.9 Å². The first-order valence-corrected chi connectivity index (χ1v) is 6.70. The van der Waals surface area contributed by atoms with Crippen LogP contribution in [-0.4, -0.2) is 30.6 Å². The van der Waals surface area contributed by atoms with Crippen LogP contribution in [0.25, 0.3) is 0 Å². The topological polar surface area (TPSA) is 29.3 Å². The molecule has 0 aromatic heterocycles. The minimum atomic E-state index is 0.401. The Hall–Kier alpha value is -0.0800. The zero-order chi connectivity index (χ0) is 11.1. The lowest BCUT2D eigenvalue weighted by atomic mass is 10.1. The van der Waals surface area contributed by atoms with Gasteiger partial charge in [0.05, 0.1) is 0 Å². The van der Waals surface area contributed by atoms with Crippen molar-refractivity contribution >= 4 is 0 Å². The molecule has 0 spiro atoms. The first kappa shape index (κ1) is 13.0. The Morgan fingerprint density at radius 3 is 2.33 bits per heavy atom. The Labute approximate surface area is 95.2 Å². The van der Waals surface area contributed by atoms with E-state index in [1.165, 1.54) is 45.1 Å². The normalized spacial score (nSPS) is 21.6. The minimum absolute atomic E-state index is 0.401. The third-order valence-corrected chi connectivity index (χ3v) is 3.83. The molecule has 90 valence electrons. The Bertz CT molecular complexity index is 151. The fraction of sp³-hybridized carbons (Fsp3) is 1.00. The van der Waals surface area contributed by atoms with Crippen molar-refractivity contribution in [3.63, 3.8) is 0 Å². The van der Waals surface area contributed by atoms with Gasteiger partial charge in [0.15, 0.2) is 0 Å². The van der Waals surface area contributed by atoms with Gasteiger partial charge >= 0.3 is 0 Å². The van der Waals surface area contributed by atoms with Crippen LogP contribution in [0.1, 0.15) is 58.3 Å². The fourth-order valence-corrected chi connectivity index (χ4v) is 2.45. The second kappa shape index (κ2) is 7.24. The molecule has 0 aromatic rings. The van der Waals surface area contributed by atoms with Crippen molar-refractivity contribution in [2.45, 2.75) is 70.4 Å². The second-order valence-electron chi connectivity index (χ2n) is 5.08. The molecule has 2 nitrogen and oxygen atoms in total. The van der Waals surface area contributed by atoms with Gasteiger partial charge in [-0.1, -0.05) is 32.6 Å². The molecule has 0 amide bonds. The molecule has 2 N–H and O–H groups in total. The third kappa shape index (κ3) is 4.98. The molecule has 1 rings (SSSR count). The SMILES string of the molecule is CCC(N)CCN(C)C1CCCCCC1. The molecule has 0 saturated heterocycles. The van der Waals surface area contributed by atoms with Crippen LogP contribution in [0.4, 0.5) is 0 Å². The molecule has 0 aromatic carbocycles. The van der Waals surface area contributed by atoms with E-state index in [4.69, 9.17) is 5.73 Å². The summed E-state index contributed by atoms with van der Waals surface area (Å²) in [5.74, 6) is 0. The van der Waals surface area contributed by atoms with Gasteiger partial charge in [-0.2, -0.15) is 0 Å². The van der Waals surface area contributed by atoms with Crippen LogP contribution >= 0.6 is 0 Å². The molecule has 0 aliphatic heterocycles. The Kier molecular flexibility index (Phi) is 6.26.